The molecule has 3 nitrogen and oxygen atoms in total. The Morgan fingerprint density at radius 2 is 1.62 bits per heavy atom. The summed E-state index contributed by atoms with van der Waals surface area (Å²) in [6, 6.07) is 17.1. The van der Waals surface area contributed by atoms with Crippen molar-refractivity contribution in [3.63, 3.8) is 0 Å². The minimum absolute atomic E-state index is 0.0140. The lowest BCUT2D eigenvalue weighted by atomic mass is 9.93. The molecule has 0 saturated heterocycles. The Balaban J connectivity index is 1.80. The zero-order chi connectivity index (χ0) is 14.4. The second-order valence-electron chi connectivity index (χ2n) is 6.14. The van der Waals surface area contributed by atoms with Gasteiger partial charge in [0.15, 0.2) is 5.96 Å². The van der Waals surface area contributed by atoms with Crippen molar-refractivity contribution in [3.8, 4) is 0 Å². The maximum absolute atomic E-state index is 6.25. The molecule has 0 bridgehead atoms. The van der Waals surface area contributed by atoms with Crippen molar-refractivity contribution in [2.45, 2.75) is 25.3 Å². The van der Waals surface area contributed by atoms with Gasteiger partial charge in [0.2, 0.25) is 0 Å². The topological polar surface area (TPSA) is 41.6 Å². The molecule has 2 aromatic carbocycles. The number of fused-ring (bicyclic) bond motifs is 1. The molecule has 4 rings (SSSR count). The number of nitrogens with two attached hydrogens (primary N) is 1. The van der Waals surface area contributed by atoms with Crippen molar-refractivity contribution in [1.82, 2.24) is 0 Å². The minimum atomic E-state index is -0.0140. The maximum atomic E-state index is 6.25. The van der Waals surface area contributed by atoms with E-state index in [1.807, 2.05) is 0 Å². The largest absolute Gasteiger partial charge is 0.369 e. The number of aryl methyl sites for hydroxylation is 1. The molecule has 3 heteroatoms. The third-order valence-corrected chi connectivity index (χ3v) is 4.75. The van der Waals surface area contributed by atoms with E-state index >= 15 is 0 Å². The Bertz CT molecular complexity index is 708. The van der Waals surface area contributed by atoms with Gasteiger partial charge in [-0.2, -0.15) is 0 Å². The van der Waals surface area contributed by atoms with Crippen molar-refractivity contribution in [3.05, 3.63) is 65.2 Å². The maximum Gasteiger partial charge on any atom is 0.196 e. The van der Waals surface area contributed by atoms with Crippen LogP contribution in [-0.4, -0.2) is 18.0 Å². The SMILES string of the molecule is Cc1ccccc1N1C(N)=NCC12Cc1ccccc1C2. The van der Waals surface area contributed by atoms with Crippen LogP contribution in [0.2, 0.25) is 0 Å². The molecule has 0 radical (unpaired) electrons. The van der Waals surface area contributed by atoms with Gasteiger partial charge in [0.05, 0.1) is 12.1 Å². The highest BCUT2D eigenvalue weighted by Gasteiger charge is 2.47. The molecule has 0 unspecified atom stereocenters. The number of hydrogen-bond acceptors (Lipinski definition) is 3. The minimum Gasteiger partial charge on any atom is -0.369 e. The first-order valence-electron chi connectivity index (χ1n) is 7.42. The highest BCUT2D eigenvalue weighted by Crippen LogP contribution is 2.40. The Hall–Kier alpha value is -2.29. The molecule has 106 valence electrons. The Morgan fingerprint density at radius 3 is 2.29 bits per heavy atom. The summed E-state index contributed by atoms with van der Waals surface area (Å²) in [7, 11) is 0. The van der Waals surface area contributed by atoms with Crippen LogP contribution in [0, 0.1) is 6.92 Å². The van der Waals surface area contributed by atoms with Crippen molar-refractivity contribution in [2.24, 2.45) is 10.7 Å². The fourth-order valence-electron chi connectivity index (χ4n) is 3.75. The van der Waals surface area contributed by atoms with Gasteiger partial charge in [0.1, 0.15) is 0 Å². The van der Waals surface area contributed by atoms with Gasteiger partial charge >= 0.3 is 0 Å². The molecule has 1 aliphatic carbocycles. The first kappa shape index (κ1) is 12.5. The third-order valence-electron chi connectivity index (χ3n) is 4.75. The number of benzene rings is 2. The first-order chi connectivity index (χ1) is 10.2. The van der Waals surface area contributed by atoms with Gasteiger partial charge in [0.25, 0.3) is 0 Å². The molecule has 1 heterocycles. The van der Waals surface area contributed by atoms with Crippen molar-refractivity contribution in [1.29, 1.82) is 0 Å². The van der Waals surface area contributed by atoms with Crippen LogP contribution >= 0.6 is 0 Å². The van der Waals surface area contributed by atoms with Gasteiger partial charge < -0.3 is 10.6 Å². The second kappa shape index (κ2) is 4.35. The summed E-state index contributed by atoms with van der Waals surface area (Å²) >= 11 is 0. The Labute approximate surface area is 125 Å². The Morgan fingerprint density at radius 1 is 1.00 bits per heavy atom. The van der Waals surface area contributed by atoms with Gasteiger partial charge in [0, 0.05) is 5.69 Å². The van der Waals surface area contributed by atoms with Crippen LogP contribution in [0.4, 0.5) is 5.69 Å². The van der Waals surface area contributed by atoms with E-state index in [9.17, 15) is 0 Å². The van der Waals surface area contributed by atoms with Crippen LogP contribution in [-0.2, 0) is 12.8 Å². The highest BCUT2D eigenvalue weighted by atomic mass is 15.4. The van der Waals surface area contributed by atoms with Gasteiger partial charge in [-0.1, -0.05) is 42.5 Å². The summed E-state index contributed by atoms with van der Waals surface area (Å²) in [5.74, 6) is 0.650. The van der Waals surface area contributed by atoms with Gasteiger partial charge in [-0.15, -0.1) is 0 Å². The third kappa shape index (κ3) is 1.77. The predicted molar refractivity (Wildman–Crippen MR) is 86.7 cm³/mol. The number of anilines is 1. The number of para-hydroxylation sites is 1. The summed E-state index contributed by atoms with van der Waals surface area (Å²) in [5, 5.41) is 0. The van der Waals surface area contributed by atoms with E-state index in [0.717, 1.165) is 19.4 Å². The fourth-order valence-corrected chi connectivity index (χ4v) is 3.75. The number of guanidine groups is 1. The number of rotatable bonds is 1. The molecule has 21 heavy (non-hydrogen) atoms. The van der Waals surface area contributed by atoms with E-state index in [-0.39, 0.29) is 5.54 Å². The number of aliphatic imine (C=N–C) groups is 1. The Kier molecular flexibility index (Phi) is 2.58. The highest BCUT2D eigenvalue weighted by molar-refractivity contribution is 5.99. The van der Waals surface area contributed by atoms with Gasteiger partial charge in [-0.05, 0) is 42.5 Å². The van der Waals surface area contributed by atoms with E-state index in [4.69, 9.17) is 5.73 Å². The smallest absolute Gasteiger partial charge is 0.196 e. The van der Waals surface area contributed by atoms with Crippen molar-refractivity contribution < 1.29 is 0 Å². The van der Waals surface area contributed by atoms with Crippen LogP contribution < -0.4 is 10.6 Å². The van der Waals surface area contributed by atoms with Crippen LogP contribution in [0.15, 0.2) is 53.5 Å². The standard InChI is InChI=1S/C18H19N3/c1-13-6-2-5-9-16(13)21-17(19)20-12-18(21)10-14-7-3-4-8-15(14)11-18/h2-9H,10-12H2,1H3,(H2,19,20). The summed E-state index contributed by atoms with van der Waals surface area (Å²) in [6.07, 6.45) is 2.03. The normalized spacial score (nSPS) is 18.9. The lowest BCUT2D eigenvalue weighted by Crippen LogP contribution is -2.53. The van der Waals surface area contributed by atoms with E-state index in [1.54, 1.807) is 0 Å². The molecule has 2 aromatic rings. The number of nitrogens with zero attached hydrogens (tertiary/aromatic N) is 2. The molecular weight excluding hydrogens is 258 g/mol. The van der Waals surface area contributed by atoms with Crippen LogP contribution in [0.5, 0.6) is 0 Å². The van der Waals surface area contributed by atoms with E-state index < -0.39 is 0 Å². The quantitative estimate of drug-likeness (QED) is 0.870. The second-order valence-corrected chi connectivity index (χ2v) is 6.14. The lowest BCUT2D eigenvalue weighted by molar-refractivity contribution is 0.482. The molecular formula is C18H19N3. The lowest BCUT2D eigenvalue weighted by Gasteiger charge is -2.37. The van der Waals surface area contributed by atoms with Crippen molar-refractivity contribution >= 4 is 11.6 Å². The van der Waals surface area contributed by atoms with Crippen LogP contribution in [0.25, 0.3) is 0 Å². The molecule has 1 spiro atoms. The zero-order valence-corrected chi connectivity index (χ0v) is 12.2. The average molecular weight is 277 g/mol. The zero-order valence-electron chi connectivity index (χ0n) is 12.2. The molecule has 1 aliphatic heterocycles. The number of hydrogen-bond donors (Lipinski definition) is 1. The van der Waals surface area contributed by atoms with Gasteiger partial charge in [-0.25, -0.2) is 0 Å². The van der Waals surface area contributed by atoms with Crippen LogP contribution in [0.3, 0.4) is 0 Å². The monoisotopic (exact) mass is 277 g/mol. The summed E-state index contributed by atoms with van der Waals surface area (Å²) in [5.41, 5.74) is 11.5. The molecule has 0 fully saturated rings. The molecule has 0 amide bonds. The molecule has 2 N–H and O–H groups in total. The van der Waals surface area contributed by atoms with Gasteiger partial charge in [-0.3, -0.25) is 4.99 Å². The summed E-state index contributed by atoms with van der Waals surface area (Å²) in [4.78, 5) is 6.84. The molecule has 2 aliphatic rings. The summed E-state index contributed by atoms with van der Waals surface area (Å²) < 4.78 is 0. The van der Waals surface area contributed by atoms with Crippen molar-refractivity contribution in [2.75, 3.05) is 11.4 Å². The molecule has 0 atom stereocenters. The summed E-state index contributed by atoms with van der Waals surface area (Å²) in [6.45, 7) is 2.92. The molecule has 0 aromatic heterocycles. The van der Waals surface area contributed by atoms with E-state index in [0.29, 0.717) is 5.96 Å². The van der Waals surface area contributed by atoms with E-state index in [1.165, 1.54) is 22.4 Å². The first-order valence-corrected chi connectivity index (χ1v) is 7.42. The average Bonchev–Trinajstić information content (AvgIpc) is 3.00. The molecule has 0 saturated carbocycles. The fraction of sp³-hybridized carbons (Fsp3) is 0.278. The van der Waals surface area contributed by atoms with E-state index in [2.05, 4.69) is 65.3 Å². The van der Waals surface area contributed by atoms with Crippen LogP contribution in [0.1, 0.15) is 16.7 Å². The predicted octanol–water partition coefficient (Wildman–Crippen LogP) is 2.67.